The minimum Gasteiger partial charge on any atom is -0.460 e. The minimum absolute atomic E-state index is 0.0296. The van der Waals surface area contributed by atoms with E-state index in [1.165, 1.54) is 12.3 Å². The molecule has 2 unspecified atom stereocenters. The van der Waals surface area contributed by atoms with E-state index in [2.05, 4.69) is 10.9 Å². The first-order valence-corrected chi connectivity index (χ1v) is 12.9. The number of carbonyl (C=O) groups is 4. The summed E-state index contributed by atoms with van der Waals surface area (Å²) in [5.41, 5.74) is 4.65. The molecule has 3 aliphatic rings. The number of nitrogens with zero attached hydrogens (tertiary/aromatic N) is 4. The highest BCUT2D eigenvalue weighted by molar-refractivity contribution is 5.83. The molecule has 0 aromatic carbocycles. The predicted molar refractivity (Wildman–Crippen MR) is 134 cm³/mol. The molecule has 3 fully saturated rings. The van der Waals surface area contributed by atoms with E-state index >= 15 is 0 Å². The Balaban J connectivity index is 1.34. The molecular formula is C25H32N5O10+. The van der Waals surface area contributed by atoms with Crippen LogP contribution in [0.1, 0.15) is 38.3 Å². The van der Waals surface area contributed by atoms with E-state index in [0.29, 0.717) is 13.0 Å². The lowest BCUT2D eigenvalue weighted by Gasteiger charge is -2.31. The van der Waals surface area contributed by atoms with Crippen molar-refractivity contribution in [1.82, 2.24) is 14.5 Å². The largest absolute Gasteiger partial charge is 0.524 e. The first kappa shape index (κ1) is 29.2. The Morgan fingerprint density at radius 3 is 2.65 bits per heavy atom. The van der Waals surface area contributed by atoms with Crippen LogP contribution in [0, 0.1) is 12.3 Å². The maximum absolute atomic E-state index is 13.1. The van der Waals surface area contributed by atoms with Crippen LogP contribution >= 0.6 is 0 Å². The fourth-order valence-electron chi connectivity index (χ4n) is 5.24. The molecule has 0 radical (unpaired) electrons. The van der Waals surface area contributed by atoms with E-state index in [-0.39, 0.29) is 50.9 Å². The molecule has 3 amide bonds. The first-order valence-electron chi connectivity index (χ1n) is 12.9. The number of nitrogens with two attached hydrogens (primary N) is 1. The molecule has 40 heavy (non-hydrogen) atoms. The van der Waals surface area contributed by atoms with Gasteiger partial charge in [0, 0.05) is 25.6 Å². The van der Waals surface area contributed by atoms with Gasteiger partial charge in [0.15, 0.2) is 12.3 Å². The van der Waals surface area contributed by atoms with E-state index < -0.39 is 65.1 Å². The normalized spacial score (nSPS) is 29.9. The smallest absolute Gasteiger partial charge is 0.460 e. The van der Waals surface area contributed by atoms with E-state index in [1.807, 2.05) is 0 Å². The zero-order valence-corrected chi connectivity index (χ0v) is 21.7. The molecule has 1 aromatic heterocycles. The molecule has 4 heterocycles. The molecule has 15 nitrogen and oxygen atoms in total. The lowest BCUT2D eigenvalue weighted by molar-refractivity contribution is -0.791. The number of ether oxygens (including phenoxy) is 3. The SMILES string of the molecule is C#CC1CCC(=O)[N+]1(CCOC(=O)C[C@H]1O[C@@H](n2ccc(N)nc2=O)[C@H](O)[C@@H]1O)C(=O)OCCN1CCCC1=O. The number of likely N-dealkylation sites (tertiary alicyclic amines) is 2. The summed E-state index contributed by atoms with van der Waals surface area (Å²) in [6.07, 6.45) is 1.36. The van der Waals surface area contributed by atoms with Crippen LogP contribution in [0.2, 0.25) is 0 Å². The van der Waals surface area contributed by atoms with Gasteiger partial charge in [0.2, 0.25) is 5.91 Å². The molecule has 4 rings (SSSR count). The third-order valence-corrected chi connectivity index (χ3v) is 7.42. The lowest BCUT2D eigenvalue weighted by atomic mass is 10.1. The second-order valence-electron chi connectivity index (χ2n) is 9.82. The number of hydrogen-bond acceptors (Lipinski definition) is 12. The van der Waals surface area contributed by atoms with Gasteiger partial charge in [-0.3, -0.25) is 14.2 Å². The van der Waals surface area contributed by atoms with Crippen LogP contribution in [0.3, 0.4) is 0 Å². The average Bonchev–Trinajstić information content (AvgIpc) is 3.56. The average molecular weight is 563 g/mol. The lowest BCUT2D eigenvalue weighted by Crippen LogP contribution is -2.60. The Morgan fingerprint density at radius 1 is 1.20 bits per heavy atom. The molecule has 1 aromatic rings. The van der Waals surface area contributed by atoms with Gasteiger partial charge in [-0.15, -0.1) is 10.9 Å². The Labute approximate surface area is 229 Å². The molecule has 0 bridgehead atoms. The van der Waals surface area contributed by atoms with Gasteiger partial charge in [0.05, 0.1) is 25.5 Å². The van der Waals surface area contributed by atoms with Crippen LogP contribution in [0.4, 0.5) is 10.6 Å². The van der Waals surface area contributed by atoms with Gasteiger partial charge >= 0.3 is 23.7 Å². The van der Waals surface area contributed by atoms with Crippen molar-refractivity contribution in [3.63, 3.8) is 0 Å². The molecular weight excluding hydrogens is 530 g/mol. The number of anilines is 1. The molecule has 216 valence electrons. The van der Waals surface area contributed by atoms with Crippen molar-refractivity contribution in [3.8, 4) is 12.3 Å². The Bertz CT molecular complexity index is 1260. The van der Waals surface area contributed by atoms with Crippen molar-refractivity contribution in [3.05, 3.63) is 22.7 Å². The Hall–Kier alpha value is -3.84. The second kappa shape index (κ2) is 12.1. The van der Waals surface area contributed by atoms with Crippen LogP contribution in [0.15, 0.2) is 17.1 Å². The number of quaternary nitrogens is 1. The third kappa shape index (κ3) is 5.70. The number of aliphatic hydroxyl groups is 2. The highest BCUT2D eigenvalue weighted by Crippen LogP contribution is 2.31. The predicted octanol–water partition coefficient (Wildman–Crippen LogP) is -1.72. The summed E-state index contributed by atoms with van der Waals surface area (Å²) in [6.45, 7) is 0.0138. The highest BCUT2D eigenvalue weighted by Gasteiger charge is 2.56. The zero-order valence-electron chi connectivity index (χ0n) is 21.7. The number of hydrogen-bond donors (Lipinski definition) is 3. The van der Waals surface area contributed by atoms with Crippen molar-refractivity contribution in [2.45, 2.75) is 62.7 Å². The summed E-state index contributed by atoms with van der Waals surface area (Å²) in [7, 11) is 0. The van der Waals surface area contributed by atoms with Gasteiger partial charge in [0.25, 0.3) is 0 Å². The number of nitrogen functional groups attached to an aromatic ring is 1. The van der Waals surface area contributed by atoms with E-state index in [4.69, 9.17) is 26.4 Å². The molecule has 15 heteroatoms. The number of carbonyl (C=O) groups excluding carboxylic acids is 4. The van der Waals surface area contributed by atoms with Crippen molar-refractivity contribution >= 4 is 29.7 Å². The fraction of sp³-hybridized carbons (Fsp3) is 0.600. The van der Waals surface area contributed by atoms with Crippen LogP contribution < -0.4 is 11.4 Å². The summed E-state index contributed by atoms with van der Waals surface area (Å²) in [4.78, 5) is 67.6. The number of aromatic nitrogens is 2. The standard InChI is InChI=1S/C25H31N5O10/c1-2-15-5-6-19(32)30(15,25(37)39-12-10-28-8-3-4-18(28)31)11-13-38-20(33)14-16-21(34)22(35)23(40-16)29-9-7-17(26)27-24(29)36/h1,7,9,15-16,21-23,34-35H,3-6,8,10-14H2,(H-,26,27,36)/p+1/t15?,16-,21-,22-,23-,30?/m1/s1. The summed E-state index contributed by atoms with van der Waals surface area (Å²) in [6, 6.07) is 0.499. The number of amides is 3. The quantitative estimate of drug-likeness (QED) is 0.175. The van der Waals surface area contributed by atoms with Crippen LogP contribution in [-0.4, -0.2) is 110 Å². The molecule has 0 saturated carbocycles. The maximum Gasteiger partial charge on any atom is 0.524 e. The third-order valence-electron chi connectivity index (χ3n) is 7.42. The monoisotopic (exact) mass is 562 g/mol. The highest BCUT2D eigenvalue weighted by atomic mass is 16.6. The Kier molecular flexibility index (Phi) is 8.84. The second-order valence-corrected chi connectivity index (χ2v) is 9.82. The molecule has 6 atom stereocenters. The van der Waals surface area contributed by atoms with E-state index in [9.17, 15) is 34.2 Å². The van der Waals surface area contributed by atoms with Gasteiger partial charge in [-0.05, 0) is 18.4 Å². The Morgan fingerprint density at radius 2 is 1.98 bits per heavy atom. The van der Waals surface area contributed by atoms with Crippen molar-refractivity contribution in [2.24, 2.45) is 0 Å². The van der Waals surface area contributed by atoms with E-state index in [1.54, 1.807) is 4.90 Å². The van der Waals surface area contributed by atoms with Crippen molar-refractivity contribution in [1.29, 1.82) is 0 Å². The van der Waals surface area contributed by atoms with E-state index in [0.717, 1.165) is 11.0 Å². The summed E-state index contributed by atoms with van der Waals surface area (Å²) < 4.78 is 16.2. The molecule has 4 N–H and O–H groups in total. The number of rotatable bonds is 9. The van der Waals surface area contributed by atoms with Crippen molar-refractivity contribution < 1.29 is 48.1 Å². The molecule has 3 aliphatic heterocycles. The molecule has 0 aliphatic carbocycles. The summed E-state index contributed by atoms with van der Waals surface area (Å²) >= 11 is 0. The van der Waals surface area contributed by atoms with Gasteiger partial charge in [-0.25, -0.2) is 9.59 Å². The molecule has 0 spiro atoms. The first-order chi connectivity index (χ1) is 19.1. The van der Waals surface area contributed by atoms with Gasteiger partial charge in [-0.1, -0.05) is 0 Å². The van der Waals surface area contributed by atoms with Crippen LogP contribution in [0.5, 0.6) is 0 Å². The van der Waals surface area contributed by atoms with Crippen LogP contribution in [0.25, 0.3) is 0 Å². The number of esters is 1. The summed E-state index contributed by atoms with van der Waals surface area (Å²) in [5, 5.41) is 20.7. The van der Waals surface area contributed by atoms with Gasteiger partial charge in [-0.2, -0.15) is 9.78 Å². The molecule has 3 saturated heterocycles. The minimum atomic E-state index is -1.54. The number of imide groups is 1. The number of terminal acetylenes is 1. The summed E-state index contributed by atoms with van der Waals surface area (Å²) in [5.74, 6) is 1.08. The van der Waals surface area contributed by atoms with Gasteiger partial charge in [0.1, 0.15) is 37.8 Å². The zero-order chi connectivity index (χ0) is 29.0. The van der Waals surface area contributed by atoms with Crippen molar-refractivity contribution in [2.75, 3.05) is 38.6 Å². The van der Waals surface area contributed by atoms with Crippen LogP contribution in [-0.2, 0) is 28.6 Å². The topological polar surface area (TPSA) is 201 Å². The number of aliphatic hydroxyl groups excluding tert-OH is 2. The maximum atomic E-state index is 13.1. The van der Waals surface area contributed by atoms with Gasteiger partial charge < -0.3 is 35.1 Å². The fourth-order valence-corrected chi connectivity index (χ4v) is 5.24.